The standard InChI is InChI=1S/C16H34S2/c1-3-5-7-9-13-17-15-11-12-16-18-14-10-8-6-4-2/h3-16H2,1-2H3. The van der Waals surface area contributed by atoms with Gasteiger partial charge in [0, 0.05) is 0 Å². The van der Waals surface area contributed by atoms with Gasteiger partial charge in [0.2, 0.25) is 0 Å². The van der Waals surface area contributed by atoms with E-state index in [1.165, 1.54) is 87.2 Å². The smallest absolute Gasteiger partial charge is 0.00672 e. The summed E-state index contributed by atoms with van der Waals surface area (Å²) in [5.41, 5.74) is 0. The van der Waals surface area contributed by atoms with Crippen LogP contribution in [0.3, 0.4) is 0 Å². The zero-order chi connectivity index (χ0) is 13.3. The topological polar surface area (TPSA) is 0 Å². The maximum absolute atomic E-state index is 2.28. The molecule has 0 fully saturated rings. The molecule has 0 aliphatic heterocycles. The first kappa shape index (κ1) is 18.7. The molecule has 0 N–H and O–H groups in total. The predicted molar refractivity (Wildman–Crippen MR) is 92.2 cm³/mol. The molecule has 18 heavy (non-hydrogen) atoms. The fourth-order valence-electron chi connectivity index (χ4n) is 1.87. The van der Waals surface area contributed by atoms with Gasteiger partial charge in [-0.25, -0.2) is 0 Å². The largest absolute Gasteiger partial charge is 0.162 e. The summed E-state index contributed by atoms with van der Waals surface area (Å²) in [6.07, 6.45) is 14.2. The van der Waals surface area contributed by atoms with Crippen LogP contribution in [0.25, 0.3) is 0 Å². The van der Waals surface area contributed by atoms with Crippen molar-refractivity contribution in [2.75, 3.05) is 23.0 Å². The third-order valence-corrected chi connectivity index (χ3v) is 5.42. The SMILES string of the molecule is CCCCCCSCCCCSCCCCCC. The van der Waals surface area contributed by atoms with E-state index >= 15 is 0 Å². The van der Waals surface area contributed by atoms with Crippen molar-refractivity contribution in [3.63, 3.8) is 0 Å². The molecule has 0 aromatic carbocycles. The highest BCUT2D eigenvalue weighted by Crippen LogP contribution is 2.13. The lowest BCUT2D eigenvalue weighted by molar-refractivity contribution is 0.706. The minimum atomic E-state index is 1.36. The summed E-state index contributed by atoms with van der Waals surface area (Å²) in [6.45, 7) is 4.57. The van der Waals surface area contributed by atoms with Gasteiger partial charge in [-0.2, -0.15) is 23.5 Å². The lowest BCUT2D eigenvalue weighted by Gasteiger charge is -2.03. The number of thioether (sulfide) groups is 2. The molecule has 0 saturated carbocycles. The molecule has 0 unspecified atom stereocenters. The fourth-order valence-corrected chi connectivity index (χ4v) is 3.92. The summed E-state index contributed by atoms with van der Waals surface area (Å²) in [4.78, 5) is 0. The normalized spacial score (nSPS) is 11.0. The Morgan fingerprint density at radius 3 is 1.11 bits per heavy atom. The molecule has 0 aliphatic rings. The summed E-state index contributed by atoms with van der Waals surface area (Å²) in [5.74, 6) is 5.57. The van der Waals surface area contributed by atoms with E-state index in [1.807, 2.05) is 0 Å². The van der Waals surface area contributed by atoms with Crippen LogP contribution in [0.1, 0.15) is 78.1 Å². The summed E-state index contributed by atoms with van der Waals surface area (Å²) in [6, 6.07) is 0. The van der Waals surface area contributed by atoms with E-state index < -0.39 is 0 Å². The van der Waals surface area contributed by atoms with Gasteiger partial charge in [-0.1, -0.05) is 52.4 Å². The van der Waals surface area contributed by atoms with Crippen molar-refractivity contribution in [3.8, 4) is 0 Å². The molecule has 0 heterocycles. The quantitative estimate of drug-likeness (QED) is 0.320. The number of unbranched alkanes of at least 4 members (excludes halogenated alkanes) is 7. The van der Waals surface area contributed by atoms with Gasteiger partial charge in [-0.15, -0.1) is 0 Å². The third kappa shape index (κ3) is 16.7. The van der Waals surface area contributed by atoms with Crippen LogP contribution >= 0.6 is 23.5 Å². The second-order valence-corrected chi connectivity index (χ2v) is 7.50. The Labute approximate surface area is 124 Å². The average molecular weight is 291 g/mol. The molecule has 0 aliphatic carbocycles. The van der Waals surface area contributed by atoms with Gasteiger partial charge in [0.25, 0.3) is 0 Å². The monoisotopic (exact) mass is 290 g/mol. The Hall–Kier alpha value is 0.700. The molecule has 110 valence electrons. The fraction of sp³-hybridized carbons (Fsp3) is 1.00. The first-order chi connectivity index (χ1) is 8.91. The van der Waals surface area contributed by atoms with E-state index in [0.717, 1.165) is 0 Å². The van der Waals surface area contributed by atoms with Crippen LogP contribution in [-0.4, -0.2) is 23.0 Å². The van der Waals surface area contributed by atoms with Crippen molar-refractivity contribution in [1.29, 1.82) is 0 Å². The highest BCUT2D eigenvalue weighted by atomic mass is 32.2. The van der Waals surface area contributed by atoms with E-state index in [9.17, 15) is 0 Å². The molecule has 0 radical (unpaired) electrons. The van der Waals surface area contributed by atoms with E-state index in [0.29, 0.717) is 0 Å². The summed E-state index contributed by atoms with van der Waals surface area (Å²) in [7, 11) is 0. The van der Waals surface area contributed by atoms with Crippen LogP contribution in [0.2, 0.25) is 0 Å². The Bertz CT molecular complexity index is 121. The minimum absolute atomic E-state index is 1.36. The molecule has 0 saturated heterocycles. The van der Waals surface area contributed by atoms with Crippen LogP contribution in [0, 0.1) is 0 Å². The van der Waals surface area contributed by atoms with Crippen LogP contribution in [0.15, 0.2) is 0 Å². The zero-order valence-corrected chi connectivity index (χ0v) is 14.3. The molecule has 2 heteroatoms. The molecule has 0 nitrogen and oxygen atoms in total. The first-order valence-electron chi connectivity index (χ1n) is 8.07. The van der Waals surface area contributed by atoms with Crippen molar-refractivity contribution < 1.29 is 0 Å². The summed E-state index contributed by atoms with van der Waals surface area (Å²) < 4.78 is 0. The lowest BCUT2D eigenvalue weighted by Crippen LogP contribution is -1.88. The molecule has 0 rings (SSSR count). The molecule has 0 bridgehead atoms. The van der Waals surface area contributed by atoms with Crippen molar-refractivity contribution in [2.24, 2.45) is 0 Å². The Balaban J connectivity index is 2.86. The number of hydrogen-bond donors (Lipinski definition) is 0. The van der Waals surface area contributed by atoms with Crippen molar-refractivity contribution in [1.82, 2.24) is 0 Å². The van der Waals surface area contributed by atoms with Crippen molar-refractivity contribution in [2.45, 2.75) is 78.1 Å². The molecule has 0 spiro atoms. The summed E-state index contributed by atoms with van der Waals surface area (Å²) >= 11 is 4.34. The van der Waals surface area contributed by atoms with Gasteiger partial charge in [-0.05, 0) is 48.7 Å². The van der Waals surface area contributed by atoms with Crippen molar-refractivity contribution >= 4 is 23.5 Å². The van der Waals surface area contributed by atoms with E-state index in [-0.39, 0.29) is 0 Å². The molecular weight excluding hydrogens is 256 g/mol. The molecular formula is C16H34S2. The van der Waals surface area contributed by atoms with Crippen LogP contribution < -0.4 is 0 Å². The maximum Gasteiger partial charge on any atom is -0.00672 e. The van der Waals surface area contributed by atoms with Gasteiger partial charge in [-0.3, -0.25) is 0 Å². The minimum Gasteiger partial charge on any atom is -0.162 e. The Morgan fingerprint density at radius 2 is 0.778 bits per heavy atom. The molecule has 0 amide bonds. The van der Waals surface area contributed by atoms with E-state index in [1.54, 1.807) is 0 Å². The van der Waals surface area contributed by atoms with Crippen molar-refractivity contribution in [3.05, 3.63) is 0 Å². The van der Waals surface area contributed by atoms with Crippen LogP contribution in [0.4, 0.5) is 0 Å². The highest BCUT2D eigenvalue weighted by molar-refractivity contribution is 7.99. The van der Waals surface area contributed by atoms with Crippen LogP contribution in [0.5, 0.6) is 0 Å². The predicted octanol–water partition coefficient (Wildman–Crippen LogP) is 6.39. The third-order valence-electron chi connectivity index (χ3n) is 3.11. The summed E-state index contributed by atoms with van der Waals surface area (Å²) in [5, 5.41) is 0. The van der Waals surface area contributed by atoms with Gasteiger partial charge in [0.1, 0.15) is 0 Å². The van der Waals surface area contributed by atoms with Crippen LogP contribution in [-0.2, 0) is 0 Å². The van der Waals surface area contributed by atoms with Gasteiger partial charge in [0.05, 0.1) is 0 Å². The Kier molecular flexibility index (Phi) is 18.4. The van der Waals surface area contributed by atoms with Gasteiger partial charge in [0.15, 0.2) is 0 Å². The second-order valence-electron chi connectivity index (χ2n) is 5.05. The zero-order valence-electron chi connectivity index (χ0n) is 12.7. The van der Waals surface area contributed by atoms with Gasteiger partial charge >= 0.3 is 0 Å². The Morgan fingerprint density at radius 1 is 0.444 bits per heavy atom. The number of hydrogen-bond acceptors (Lipinski definition) is 2. The van der Waals surface area contributed by atoms with E-state index in [2.05, 4.69) is 37.4 Å². The molecule has 0 aromatic heterocycles. The number of rotatable bonds is 15. The highest BCUT2D eigenvalue weighted by Gasteiger charge is 1.93. The molecule has 0 aromatic rings. The molecule has 0 atom stereocenters. The first-order valence-corrected chi connectivity index (χ1v) is 10.4. The van der Waals surface area contributed by atoms with E-state index in [4.69, 9.17) is 0 Å². The average Bonchev–Trinajstić information content (AvgIpc) is 2.39. The lowest BCUT2D eigenvalue weighted by atomic mass is 10.2. The second kappa shape index (κ2) is 17.7. The maximum atomic E-state index is 2.28. The van der Waals surface area contributed by atoms with Gasteiger partial charge < -0.3 is 0 Å².